The van der Waals surface area contributed by atoms with E-state index in [1.54, 1.807) is 0 Å². The molecule has 3 nitrogen and oxygen atoms in total. The van der Waals surface area contributed by atoms with E-state index < -0.39 is 0 Å². The van der Waals surface area contributed by atoms with E-state index in [9.17, 15) is 4.79 Å². The van der Waals surface area contributed by atoms with Crippen LogP contribution in [0.2, 0.25) is 0 Å². The van der Waals surface area contributed by atoms with Crippen LogP contribution in [0.3, 0.4) is 0 Å². The molecule has 114 valence electrons. The van der Waals surface area contributed by atoms with Gasteiger partial charge in [0, 0.05) is 13.0 Å². The highest BCUT2D eigenvalue weighted by atomic mass is 35.5. The minimum atomic E-state index is 0. The third-order valence-electron chi connectivity index (χ3n) is 4.05. The molecule has 2 atom stereocenters. The van der Waals surface area contributed by atoms with Crippen molar-refractivity contribution in [1.82, 2.24) is 10.6 Å². The highest BCUT2D eigenvalue weighted by molar-refractivity contribution is 5.85. The third-order valence-corrected chi connectivity index (χ3v) is 4.05. The lowest BCUT2D eigenvalue weighted by Gasteiger charge is -2.15. The van der Waals surface area contributed by atoms with Crippen LogP contribution in [0, 0.1) is 11.8 Å². The number of halogens is 1. The van der Waals surface area contributed by atoms with E-state index in [4.69, 9.17) is 0 Å². The number of hydrogen-bond donors (Lipinski definition) is 2. The fourth-order valence-electron chi connectivity index (χ4n) is 2.65. The maximum atomic E-state index is 11.8. The lowest BCUT2D eigenvalue weighted by molar-refractivity contribution is -0.122. The van der Waals surface area contributed by atoms with E-state index >= 15 is 0 Å². The van der Waals surface area contributed by atoms with Crippen molar-refractivity contribution in [2.45, 2.75) is 58.8 Å². The van der Waals surface area contributed by atoms with Gasteiger partial charge in [0.1, 0.15) is 0 Å². The fourth-order valence-corrected chi connectivity index (χ4v) is 2.65. The summed E-state index contributed by atoms with van der Waals surface area (Å²) in [5.74, 6) is 1.61. The normalized spacial score (nSPS) is 19.8. The first kappa shape index (κ1) is 18.7. The van der Waals surface area contributed by atoms with Gasteiger partial charge in [0.2, 0.25) is 5.91 Å². The van der Waals surface area contributed by atoms with Gasteiger partial charge in [-0.1, -0.05) is 33.1 Å². The molecule has 0 aromatic heterocycles. The molecule has 1 heterocycles. The molecule has 0 aliphatic carbocycles. The molecule has 19 heavy (non-hydrogen) atoms. The molecule has 2 N–H and O–H groups in total. The number of unbranched alkanes of at least 4 members (excludes halogenated alkanes) is 1. The van der Waals surface area contributed by atoms with Gasteiger partial charge in [0.15, 0.2) is 0 Å². The second-order valence-electron chi connectivity index (χ2n) is 5.62. The summed E-state index contributed by atoms with van der Waals surface area (Å²) in [5, 5.41) is 6.45. The standard InChI is InChI=1S/C15H30N2O.ClH/c1-3-5-6-13(4-2)11-15(18)17-10-8-14-7-9-16-12-14;/h13-14,16H,3-12H2,1-2H3,(H,17,18);1H. The first-order valence-corrected chi connectivity index (χ1v) is 7.73. The van der Waals surface area contributed by atoms with Crippen molar-refractivity contribution in [2.75, 3.05) is 19.6 Å². The molecule has 1 saturated heterocycles. The average molecular weight is 291 g/mol. The molecular formula is C15H31ClN2O. The number of carbonyl (C=O) groups excluding carboxylic acids is 1. The van der Waals surface area contributed by atoms with Crippen LogP contribution in [-0.2, 0) is 4.79 Å². The van der Waals surface area contributed by atoms with Gasteiger partial charge in [-0.25, -0.2) is 0 Å². The van der Waals surface area contributed by atoms with Crippen molar-refractivity contribution < 1.29 is 4.79 Å². The van der Waals surface area contributed by atoms with Crippen molar-refractivity contribution >= 4 is 18.3 Å². The fraction of sp³-hybridized carbons (Fsp3) is 0.933. The van der Waals surface area contributed by atoms with Crippen LogP contribution < -0.4 is 10.6 Å². The predicted octanol–water partition coefficient (Wildman–Crippen LogP) is 3.13. The molecule has 1 amide bonds. The first-order chi connectivity index (χ1) is 8.76. The lowest BCUT2D eigenvalue weighted by atomic mass is 9.95. The highest BCUT2D eigenvalue weighted by Crippen LogP contribution is 2.16. The molecule has 1 aliphatic heterocycles. The molecule has 0 radical (unpaired) electrons. The molecule has 1 rings (SSSR count). The van der Waals surface area contributed by atoms with Crippen LogP contribution in [0.4, 0.5) is 0 Å². The zero-order chi connectivity index (χ0) is 13.2. The summed E-state index contributed by atoms with van der Waals surface area (Å²) in [7, 11) is 0. The van der Waals surface area contributed by atoms with Crippen LogP contribution in [0.5, 0.6) is 0 Å². The van der Waals surface area contributed by atoms with Crippen LogP contribution in [0.1, 0.15) is 58.8 Å². The van der Waals surface area contributed by atoms with E-state index in [-0.39, 0.29) is 18.3 Å². The van der Waals surface area contributed by atoms with E-state index in [1.807, 2.05) is 0 Å². The van der Waals surface area contributed by atoms with Gasteiger partial charge in [0.25, 0.3) is 0 Å². The molecule has 1 fully saturated rings. The largest absolute Gasteiger partial charge is 0.356 e. The molecule has 4 heteroatoms. The highest BCUT2D eigenvalue weighted by Gasteiger charge is 2.15. The van der Waals surface area contributed by atoms with Gasteiger partial charge in [-0.2, -0.15) is 0 Å². The molecule has 2 unspecified atom stereocenters. The Labute approximate surface area is 124 Å². The minimum absolute atomic E-state index is 0. The summed E-state index contributed by atoms with van der Waals surface area (Å²) < 4.78 is 0. The number of rotatable bonds is 9. The van der Waals surface area contributed by atoms with E-state index in [2.05, 4.69) is 24.5 Å². The van der Waals surface area contributed by atoms with Crippen molar-refractivity contribution in [3.63, 3.8) is 0 Å². The summed E-state index contributed by atoms with van der Waals surface area (Å²) in [5.41, 5.74) is 0. The molecule has 0 aromatic carbocycles. The predicted molar refractivity (Wildman–Crippen MR) is 83.8 cm³/mol. The van der Waals surface area contributed by atoms with Gasteiger partial charge >= 0.3 is 0 Å². The Hall–Kier alpha value is -0.280. The van der Waals surface area contributed by atoms with Crippen LogP contribution >= 0.6 is 12.4 Å². The summed E-state index contributed by atoms with van der Waals surface area (Å²) in [6, 6.07) is 0. The topological polar surface area (TPSA) is 41.1 Å². The first-order valence-electron chi connectivity index (χ1n) is 7.73. The maximum absolute atomic E-state index is 11.8. The number of carbonyl (C=O) groups is 1. The van der Waals surface area contributed by atoms with Gasteiger partial charge in [0.05, 0.1) is 0 Å². The number of hydrogen-bond acceptors (Lipinski definition) is 2. The Morgan fingerprint density at radius 1 is 1.42 bits per heavy atom. The summed E-state index contributed by atoms with van der Waals surface area (Å²) in [6.45, 7) is 7.53. The van der Waals surface area contributed by atoms with Gasteiger partial charge in [-0.3, -0.25) is 4.79 Å². The third kappa shape index (κ3) is 8.48. The van der Waals surface area contributed by atoms with E-state index in [0.717, 1.165) is 44.8 Å². The SMILES string of the molecule is CCCCC(CC)CC(=O)NCCC1CCNC1.Cl. The maximum Gasteiger partial charge on any atom is 0.220 e. The Kier molecular flexibility index (Phi) is 11.4. The van der Waals surface area contributed by atoms with Crippen LogP contribution in [0.25, 0.3) is 0 Å². The zero-order valence-corrected chi connectivity index (χ0v) is 13.4. The smallest absolute Gasteiger partial charge is 0.220 e. The summed E-state index contributed by atoms with van der Waals surface area (Å²) >= 11 is 0. The number of amides is 1. The van der Waals surface area contributed by atoms with Gasteiger partial charge in [-0.15, -0.1) is 12.4 Å². The molecule has 0 aromatic rings. The van der Waals surface area contributed by atoms with Crippen molar-refractivity contribution in [2.24, 2.45) is 11.8 Å². The monoisotopic (exact) mass is 290 g/mol. The van der Waals surface area contributed by atoms with Gasteiger partial charge in [-0.05, 0) is 44.2 Å². The van der Waals surface area contributed by atoms with E-state index in [1.165, 1.54) is 25.7 Å². The molecule has 0 saturated carbocycles. The zero-order valence-electron chi connectivity index (χ0n) is 12.5. The Balaban J connectivity index is 0.00000324. The Morgan fingerprint density at radius 3 is 2.79 bits per heavy atom. The molecule has 0 spiro atoms. The Bertz CT molecular complexity index is 230. The minimum Gasteiger partial charge on any atom is -0.356 e. The van der Waals surface area contributed by atoms with Gasteiger partial charge < -0.3 is 10.6 Å². The average Bonchev–Trinajstić information content (AvgIpc) is 2.87. The quantitative estimate of drug-likeness (QED) is 0.685. The van der Waals surface area contributed by atoms with Crippen molar-refractivity contribution in [3.05, 3.63) is 0 Å². The molecule has 1 aliphatic rings. The summed E-state index contributed by atoms with van der Waals surface area (Å²) in [6.07, 6.45) is 7.92. The van der Waals surface area contributed by atoms with Crippen molar-refractivity contribution in [3.8, 4) is 0 Å². The molecule has 0 bridgehead atoms. The van der Waals surface area contributed by atoms with E-state index in [0.29, 0.717) is 5.92 Å². The van der Waals surface area contributed by atoms with Crippen molar-refractivity contribution in [1.29, 1.82) is 0 Å². The molecular weight excluding hydrogens is 260 g/mol. The Morgan fingerprint density at radius 2 is 2.21 bits per heavy atom. The lowest BCUT2D eigenvalue weighted by Crippen LogP contribution is -2.28. The summed E-state index contributed by atoms with van der Waals surface area (Å²) in [4.78, 5) is 11.8. The van der Waals surface area contributed by atoms with Crippen LogP contribution in [-0.4, -0.2) is 25.5 Å². The second kappa shape index (κ2) is 11.5. The number of nitrogens with one attached hydrogen (secondary N) is 2. The second-order valence-corrected chi connectivity index (χ2v) is 5.62. The van der Waals surface area contributed by atoms with Crippen LogP contribution in [0.15, 0.2) is 0 Å².